The summed E-state index contributed by atoms with van der Waals surface area (Å²) in [6.45, 7) is 1.26. The van der Waals surface area contributed by atoms with Crippen LogP contribution in [0.4, 0.5) is 19.0 Å². The van der Waals surface area contributed by atoms with Crippen LogP contribution in [0.25, 0.3) is 0 Å². The molecule has 1 atom stereocenters. The van der Waals surface area contributed by atoms with Crippen LogP contribution in [-0.2, 0) is 0 Å². The first-order valence-corrected chi connectivity index (χ1v) is 4.73. The number of anilines is 1. The van der Waals surface area contributed by atoms with Crippen LogP contribution >= 0.6 is 0 Å². The van der Waals surface area contributed by atoms with Crippen molar-refractivity contribution in [3.05, 3.63) is 18.1 Å². The molecule has 0 saturated carbocycles. The van der Waals surface area contributed by atoms with Gasteiger partial charge in [0.1, 0.15) is 11.5 Å². The van der Waals surface area contributed by atoms with Gasteiger partial charge in [-0.15, -0.1) is 0 Å². The van der Waals surface area contributed by atoms with E-state index in [-0.39, 0.29) is 11.5 Å². The monoisotopic (exact) mass is 248 g/mol. The van der Waals surface area contributed by atoms with E-state index in [2.05, 4.69) is 15.3 Å². The minimum atomic E-state index is -4.32. The number of alkyl halides is 3. The topological polar surface area (TPSA) is 80.9 Å². The molecule has 1 unspecified atom stereocenters. The Hall–Kier alpha value is -1.86. The van der Waals surface area contributed by atoms with Gasteiger partial charge >= 0.3 is 6.18 Å². The van der Waals surface area contributed by atoms with Crippen molar-refractivity contribution < 1.29 is 18.0 Å². The highest BCUT2D eigenvalue weighted by molar-refractivity contribution is 5.92. The Balaban J connectivity index is 2.57. The number of hydrogen-bond acceptors (Lipinski definition) is 4. The summed E-state index contributed by atoms with van der Waals surface area (Å²) in [5.74, 6) is -0.584. The highest BCUT2D eigenvalue weighted by Gasteiger charge is 2.30. The van der Waals surface area contributed by atoms with E-state index in [1.54, 1.807) is 0 Å². The minimum absolute atomic E-state index is 0.0757. The molecule has 0 aromatic carbocycles. The molecule has 1 aromatic heterocycles. The van der Waals surface area contributed by atoms with Crippen molar-refractivity contribution in [2.75, 3.05) is 5.73 Å². The maximum Gasteiger partial charge on any atom is 0.391 e. The third kappa shape index (κ3) is 4.66. The summed E-state index contributed by atoms with van der Waals surface area (Å²) in [5, 5.41) is 2.17. The number of carbonyl (C=O) groups is 1. The van der Waals surface area contributed by atoms with Crippen molar-refractivity contribution in [2.24, 2.45) is 0 Å². The summed E-state index contributed by atoms with van der Waals surface area (Å²) in [6, 6.07) is -1.03. The molecule has 0 spiro atoms. The Labute approximate surface area is 95.2 Å². The number of halogens is 3. The van der Waals surface area contributed by atoms with Gasteiger partial charge in [0.05, 0.1) is 18.8 Å². The SMILES string of the molecule is CC(CC(F)(F)F)NC(=O)c1cnc(N)cn1. The van der Waals surface area contributed by atoms with Gasteiger partial charge in [0, 0.05) is 6.04 Å². The van der Waals surface area contributed by atoms with Crippen LogP contribution in [-0.4, -0.2) is 28.1 Å². The fraction of sp³-hybridized carbons (Fsp3) is 0.444. The van der Waals surface area contributed by atoms with Crippen molar-refractivity contribution in [3.8, 4) is 0 Å². The highest BCUT2D eigenvalue weighted by Crippen LogP contribution is 2.21. The third-order valence-corrected chi connectivity index (χ3v) is 1.82. The predicted octanol–water partition coefficient (Wildman–Crippen LogP) is 1.13. The molecular weight excluding hydrogens is 237 g/mol. The van der Waals surface area contributed by atoms with Gasteiger partial charge in [0.2, 0.25) is 0 Å². The average molecular weight is 248 g/mol. The molecule has 0 fully saturated rings. The molecule has 5 nitrogen and oxygen atoms in total. The zero-order chi connectivity index (χ0) is 13.1. The van der Waals surface area contributed by atoms with Crippen LogP contribution in [0.2, 0.25) is 0 Å². The van der Waals surface area contributed by atoms with Gasteiger partial charge in [0.25, 0.3) is 5.91 Å². The van der Waals surface area contributed by atoms with Crippen LogP contribution in [0.3, 0.4) is 0 Å². The largest absolute Gasteiger partial charge is 0.391 e. The lowest BCUT2D eigenvalue weighted by Gasteiger charge is -2.15. The zero-order valence-electron chi connectivity index (χ0n) is 8.95. The van der Waals surface area contributed by atoms with Crippen molar-refractivity contribution in [1.82, 2.24) is 15.3 Å². The first-order chi connectivity index (χ1) is 7.78. The Morgan fingerprint density at radius 3 is 2.59 bits per heavy atom. The predicted molar refractivity (Wildman–Crippen MR) is 54.0 cm³/mol. The average Bonchev–Trinajstić information content (AvgIpc) is 2.15. The molecule has 8 heteroatoms. The van der Waals surface area contributed by atoms with Gasteiger partial charge in [-0.3, -0.25) is 4.79 Å². The second-order valence-corrected chi connectivity index (χ2v) is 3.52. The molecule has 1 amide bonds. The second kappa shape index (κ2) is 4.98. The maximum absolute atomic E-state index is 12.0. The Bertz CT molecular complexity index is 390. The van der Waals surface area contributed by atoms with Gasteiger partial charge < -0.3 is 11.1 Å². The van der Waals surface area contributed by atoms with E-state index in [1.807, 2.05) is 0 Å². The molecule has 0 aliphatic heterocycles. The molecule has 1 heterocycles. The van der Waals surface area contributed by atoms with Crippen LogP contribution in [0.1, 0.15) is 23.8 Å². The quantitative estimate of drug-likeness (QED) is 0.840. The summed E-state index contributed by atoms with van der Waals surface area (Å²) >= 11 is 0. The number of rotatable bonds is 3. The lowest BCUT2D eigenvalue weighted by molar-refractivity contribution is -0.138. The normalized spacial score (nSPS) is 13.2. The van der Waals surface area contributed by atoms with Gasteiger partial charge in [-0.25, -0.2) is 9.97 Å². The van der Waals surface area contributed by atoms with E-state index < -0.39 is 24.5 Å². The molecule has 0 aliphatic rings. The zero-order valence-corrected chi connectivity index (χ0v) is 8.95. The number of nitrogens with two attached hydrogens (primary N) is 1. The van der Waals surface area contributed by atoms with Crippen molar-refractivity contribution in [3.63, 3.8) is 0 Å². The molecule has 94 valence electrons. The summed E-state index contributed by atoms with van der Waals surface area (Å²) in [5.41, 5.74) is 5.18. The number of nitrogens with one attached hydrogen (secondary N) is 1. The molecule has 1 aromatic rings. The number of hydrogen-bond donors (Lipinski definition) is 2. The van der Waals surface area contributed by atoms with Crippen LogP contribution in [0, 0.1) is 0 Å². The number of aromatic nitrogens is 2. The summed E-state index contributed by atoms with van der Waals surface area (Å²) in [7, 11) is 0. The Morgan fingerprint density at radius 1 is 1.47 bits per heavy atom. The van der Waals surface area contributed by atoms with Gasteiger partial charge in [-0.05, 0) is 6.92 Å². The van der Waals surface area contributed by atoms with Gasteiger partial charge in [0.15, 0.2) is 0 Å². The van der Waals surface area contributed by atoms with E-state index in [4.69, 9.17) is 5.73 Å². The van der Waals surface area contributed by atoms with Crippen molar-refractivity contribution in [1.29, 1.82) is 0 Å². The molecule has 0 bridgehead atoms. The first-order valence-electron chi connectivity index (χ1n) is 4.73. The molecule has 1 rings (SSSR count). The number of nitrogen functional groups attached to an aromatic ring is 1. The van der Waals surface area contributed by atoms with E-state index in [9.17, 15) is 18.0 Å². The van der Waals surface area contributed by atoms with Crippen molar-refractivity contribution >= 4 is 11.7 Å². The maximum atomic E-state index is 12.0. The number of carbonyl (C=O) groups excluding carboxylic acids is 1. The van der Waals surface area contributed by atoms with E-state index in [1.165, 1.54) is 6.92 Å². The lowest BCUT2D eigenvalue weighted by Crippen LogP contribution is -2.36. The number of nitrogens with zero attached hydrogens (tertiary/aromatic N) is 2. The Morgan fingerprint density at radius 2 is 2.12 bits per heavy atom. The highest BCUT2D eigenvalue weighted by atomic mass is 19.4. The van der Waals surface area contributed by atoms with Crippen LogP contribution in [0.15, 0.2) is 12.4 Å². The smallest absolute Gasteiger partial charge is 0.382 e. The van der Waals surface area contributed by atoms with Crippen LogP contribution < -0.4 is 11.1 Å². The molecular formula is C9H11F3N4O. The summed E-state index contributed by atoms with van der Waals surface area (Å²) in [4.78, 5) is 18.7. The van der Waals surface area contributed by atoms with Crippen molar-refractivity contribution in [2.45, 2.75) is 25.6 Å². The van der Waals surface area contributed by atoms with E-state index >= 15 is 0 Å². The molecule has 0 radical (unpaired) electrons. The van der Waals surface area contributed by atoms with Crippen LogP contribution in [0.5, 0.6) is 0 Å². The summed E-state index contributed by atoms with van der Waals surface area (Å²) in [6.07, 6.45) is -3.16. The molecule has 0 saturated heterocycles. The van der Waals surface area contributed by atoms with Gasteiger partial charge in [-0.2, -0.15) is 13.2 Å². The molecule has 17 heavy (non-hydrogen) atoms. The molecule has 0 aliphatic carbocycles. The minimum Gasteiger partial charge on any atom is -0.382 e. The lowest BCUT2D eigenvalue weighted by atomic mass is 10.2. The Kier molecular flexibility index (Phi) is 3.87. The molecule has 3 N–H and O–H groups in total. The first kappa shape index (κ1) is 13.2. The number of amides is 1. The second-order valence-electron chi connectivity index (χ2n) is 3.52. The van der Waals surface area contributed by atoms with Gasteiger partial charge in [-0.1, -0.05) is 0 Å². The van der Waals surface area contributed by atoms with E-state index in [0.717, 1.165) is 12.4 Å². The fourth-order valence-corrected chi connectivity index (χ4v) is 1.15. The third-order valence-electron chi connectivity index (χ3n) is 1.82. The standard InChI is InChI=1S/C9H11F3N4O/c1-5(2-9(10,11)12)16-8(17)6-3-15-7(13)4-14-6/h3-5H,2H2,1H3,(H2,13,15)(H,16,17). The summed E-state index contributed by atoms with van der Waals surface area (Å²) < 4.78 is 36.0. The fourth-order valence-electron chi connectivity index (χ4n) is 1.15. The van der Waals surface area contributed by atoms with E-state index in [0.29, 0.717) is 0 Å².